The third kappa shape index (κ3) is 6.76. The number of piperidine rings is 1. The number of nitrogens with one attached hydrogen (secondary N) is 1. The number of nitrogens with zero attached hydrogens (tertiary/aromatic N) is 2. The average molecular weight is 524 g/mol. The highest BCUT2D eigenvalue weighted by atomic mass is 16.5. The molecule has 0 radical (unpaired) electrons. The smallest absolute Gasteiger partial charge is 0.294 e. The lowest BCUT2D eigenvalue weighted by atomic mass is 10.0. The number of anilines is 1. The summed E-state index contributed by atoms with van der Waals surface area (Å²) in [5.41, 5.74) is 4.36. The van der Waals surface area contributed by atoms with Gasteiger partial charge in [0.1, 0.15) is 0 Å². The summed E-state index contributed by atoms with van der Waals surface area (Å²) in [5.74, 6) is 1.39. The van der Waals surface area contributed by atoms with E-state index in [0.29, 0.717) is 24.4 Å². The van der Waals surface area contributed by atoms with E-state index in [1.165, 1.54) is 12.8 Å². The standard InChI is InChI=1S/C33H37N3O3/c1-24-8-5-10-27(20-24)23-36-29-11-3-4-12-30(29)39-31(33(36)38)21-26-13-15-28(16-14-26)32(37)34-17-7-19-35-18-6-9-25(2)22-35/h3-5,8,10-16,20-21,25H,6-7,9,17-19,22-23H2,1-2H3,(H,34,37). The van der Waals surface area contributed by atoms with Crippen molar-refractivity contribution in [3.63, 3.8) is 0 Å². The predicted octanol–water partition coefficient (Wildman–Crippen LogP) is 5.81. The van der Waals surface area contributed by atoms with E-state index < -0.39 is 0 Å². The number of fused-ring (bicyclic) bond motifs is 1. The zero-order valence-corrected chi connectivity index (χ0v) is 22.9. The molecular formula is C33H37N3O3. The van der Waals surface area contributed by atoms with Crippen molar-refractivity contribution in [1.29, 1.82) is 0 Å². The van der Waals surface area contributed by atoms with Crippen LogP contribution >= 0.6 is 0 Å². The van der Waals surface area contributed by atoms with Gasteiger partial charge in [-0.05, 0) is 86.7 Å². The highest BCUT2D eigenvalue weighted by molar-refractivity contribution is 6.09. The molecule has 1 saturated heterocycles. The zero-order valence-electron chi connectivity index (χ0n) is 22.9. The van der Waals surface area contributed by atoms with E-state index in [4.69, 9.17) is 4.74 Å². The monoisotopic (exact) mass is 523 g/mol. The maximum Gasteiger partial charge on any atom is 0.294 e. The van der Waals surface area contributed by atoms with Gasteiger partial charge in [0, 0.05) is 18.7 Å². The van der Waals surface area contributed by atoms with Crippen molar-refractivity contribution < 1.29 is 14.3 Å². The molecule has 0 bridgehead atoms. The molecule has 2 aliphatic rings. The van der Waals surface area contributed by atoms with Crippen LogP contribution in [0.4, 0.5) is 5.69 Å². The number of benzene rings is 3. The first-order chi connectivity index (χ1) is 19.0. The van der Waals surface area contributed by atoms with Crippen LogP contribution in [0.1, 0.15) is 53.2 Å². The van der Waals surface area contributed by atoms with Crippen molar-refractivity contribution in [3.05, 3.63) is 101 Å². The second-order valence-corrected chi connectivity index (χ2v) is 10.7. The highest BCUT2D eigenvalue weighted by Crippen LogP contribution is 2.36. The average Bonchev–Trinajstić information content (AvgIpc) is 2.94. The third-order valence-corrected chi connectivity index (χ3v) is 7.40. The minimum atomic E-state index is -0.194. The van der Waals surface area contributed by atoms with E-state index in [9.17, 15) is 9.59 Å². The summed E-state index contributed by atoms with van der Waals surface area (Å²) < 4.78 is 6.03. The molecule has 6 heteroatoms. The van der Waals surface area contributed by atoms with Gasteiger partial charge < -0.3 is 15.0 Å². The molecule has 1 atom stereocenters. The van der Waals surface area contributed by atoms with Crippen molar-refractivity contribution in [2.45, 2.75) is 39.7 Å². The molecule has 0 aliphatic carbocycles. The molecule has 5 rings (SSSR count). The van der Waals surface area contributed by atoms with Crippen molar-refractivity contribution >= 4 is 23.6 Å². The maximum atomic E-state index is 13.5. The zero-order chi connectivity index (χ0) is 27.2. The Labute approximate surface area is 231 Å². The third-order valence-electron chi connectivity index (χ3n) is 7.40. The molecule has 0 spiro atoms. The van der Waals surface area contributed by atoms with Crippen LogP contribution in [-0.2, 0) is 11.3 Å². The predicted molar refractivity (Wildman–Crippen MR) is 156 cm³/mol. The van der Waals surface area contributed by atoms with E-state index in [1.54, 1.807) is 23.1 Å². The first-order valence-electron chi connectivity index (χ1n) is 13.9. The van der Waals surface area contributed by atoms with Gasteiger partial charge in [0.2, 0.25) is 0 Å². The summed E-state index contributed by atoms with van der Waals surface area (Å²) in [6.45, 7) is 8.81. The van der Waals surface area contributed by atoms with Crippen LogP contribution < -0.4 is 15.0 Å². The van der Waals surface area contributed by atoms with Crippen molar-refractivity contribution in [1.82, 2.24) is 10.2 Å². The molecule has 2 amide bonds. The molecular weight excluding hydrogens is 486 g/mol. The Morgan fingerprint density at radius 3 is 2.69 bits per heavy atom. The van der Waals surface area contributed by atoms with Crippen LogP contribution in [0.3, 0.4) is 0 Å². The van der Waals surface area contributed by atoms with Gasteiger partial charge in [0.15, 0.2) is 11.5 Å². The highest BCUT2D eigenvalue weighted by Gasteiger charge is 2.30. The molecule has 39 heavy (non-hydrogen) atoms. The minimum absolute atomic E-state index is 0.0792. The molecule has 202 valence electrons. The van der Waals surface area contributed by atoms with Gasteiger partial charge >= 0.3 is 0 Å². The van der Waals surface area contributed by atoms with Crippen LogP contribution in [0.15, 0.2) is 78.6 Å². The number of hydrogen-bond acceptors (Lipinski definition) is 4. The van der Waals surface area contributed by atoms with Gasteiger partial charge in [0.05, 0.1) is 12.2 Å². The summed E-state index contributed by atoms with van der Waals surface area (Å²) in [4.78, 5) is 30.4. The fourth-order valence-corrected chi connectivity index (χ4v) is 5.39. The van der Waals surface area contributed by atoms with Crippen molar-refractivity contribution in [2.75, 3.05) is 31.1 Å². The van der Waals surface area contributed by atoms with Crippen LogP contribution in [0.25, 0.3) is 6.08 Å². The molecule has 1 fully saturated rings. The second-order valence-electron chi connectivity index (χ2n) is 10.7. The molecule has 0 aromatic heterocycles. The van der Waals surface area contributed by atoms with E-state index >= 15 is 0 Å². The van der Waals surface area contributed by atoms with Gasteiger partial charge in [-0.15, -0.1) is 0 Å². The molecule has 1 N–H and O–H groups in total. The van der Waals surface area contributed by atoms with Gasteiger partial charge in [-0.2, -0.15) is 0 Å². The summed E-state index contributed by atoms with van der Waals surface area (Å²) >= 11 is 0. The largest absolute Gasteiger partial charge is 0.449 e. The number of carbonyl (C=O) groups excluding carboxylic acids is 2. The molecule has 0 saturated carbocycles. The number of rotatable bonds is 8. The lowest BCUT2D eigenvalue weighted by Gasteiger charge is -2.30. The normalized spacial score (nSPS) is 18.5. The second kappa shape index (κ2) is 12.3. The lowest BCUT2D eigenvalue weighted by molar-refractivity contribution is -0.117. The number of hydrogen-bond donors (Lipinski definition) is 1. The van der Waals surface area contributed by atoms with E-state index in [1.807, 2.05) is 61.5 Å². The molecule has 3 aromatic rings. The SMILES string of the molecule is Cc1cccc(CN2C(=O)C(=Cc3ccc(C(=O)NCCCN4CCCC(C)C4)cc3)Oc3ccccc32)c1. The number of ether oxygens (including phenoxy) is 1. The van der Waals surface area contributed by atoms with Crippen molar-refractivity contribution in [3.8, 4) is 5.75 Å². The summed E-state index contributed by atoms with van der Waals surface area (Å²) in [6, 6.07) is 23.0. The Hall–Kier alpha value is -3.90. The Bertz CT molecular complexity index is 1350. The molecule has 2 aliphatic heterocycles. The van der Waals surface area contributed by atoms with Crippen LogP contribution in [0.2, 0.25) is 0 Å². The topological polar surface area (TPSA) is 61.9 Å². The lowest BCUT2D eigenvalue weighted by Crippen LogP contribution is -2.36. The molecule has 2 heterocycles. The van der Waals surface area contributed by atoms with Gasteiger partial charge in [0.25, 0.3) is 11.8 Å². The summed E-state index contributed by atoms with van der Waals surface area (Å²) in [7, 11) is 0. The van der Waals surface area contributed by atoms with Gasteiger partial charge in [-0.25, -0.2) is 0 Å². The van der Waals surface area contributed by atoms with Crippen LogP contribution in [0, 0.1) is 12.8 Å². The molecule has 6 nitrogen and oxygen atoms in total. The van der Waals surface area contributed by atoms with Gasteiger partial charge in [-0.1, -0.05) is 61.0 Å². The van der Waals surface area contributed by atoms with E-state index in [2.05, 4.69) is 23.2 Å². The van der Waals surface area contributed by atoms with Crippen LogP contribution in [-0.4, -0.2) is 42.9 Å². The Morgan fingerprint density at radius 1 is 1.08 bits per heavy atom. The van der Waals surface area contributed by atoms with Gasteiger partial charge in [-0.3, -0.25) is 14.5 Å². The first-order valence-corrected chi connectivity index (χ1v) is 13.9. The summed E-state index contributed by atoms with van der Waals surface area (Å²) in [5, 5.41) is 3.04. The first kappa shape index (κ1) is 26.7. The van der Waals surface area contributed by atoms with E-state index in [-0.39, 0.29) is 17.6 Å². The molecule has 3 aromatic carbocycles. The summed E-state index contributed by atoms with van der Waals surface area (Å²) in [6.07, 6.45) is 5.27. The Morgan fingerprint density at radius 2 is 1.90 bits per heavy atom. The van der Waals surface area contributed by atoms with Crippen LogP contribution in [0.5, 0.6) is 5.75 Å². The number of carbonyl (C=O) groups is 2. The molecule has 1 unspecified atom stereocenters. The quantitative estimate of drug-likeness (QED) is 0.299. The minimum Gasteiger partial charge on any atom is -0.449 e. The number of likely N-dealkylation sites (tertiary alicyclic amines) is 1. The fourth-order valence-electron chi connectivity index (χ4n) is 5.39. The number of para-hydroxylation sites is 2. The van der Waals surface area contributed by atoms with Crippen molar-refractivity contribution in [2.24, 2.45) is 5.92 Å². The Balaban J connectivity index is 1.22. The number of amides is 2. The fraction of sp³-hybridized carbons (Fsp3) is 0.333. The number of aryl methyl sites for hydroxylation is 1. The van der Waals surface area contributed by atoms with E-state index in [0.717, 1.165) is 54.4 Å². The Kier molecular flexibility index (Phi) is 8.42. The maximum absolute atomic E-state index is 13.5.